The Morgan fingerprint density at radius 3 is 2.03 bits per heavy atom. The van der Waals surface area contributed by atoms with Crippen LogP contribution in [-0.2, 0) is 14.6 Å². The smallest absolute Gasteiger partial charge is 0.239 e. The Morgan fingerprint density at radius 1 is 0.969 bits per heavy atom. The summed E-state index contributed by atoms with van der Waals surface area (Å²) in [6.07, 6.45) is 0. The van der Waals surface area contributed by atoms with Gasteiger partial charge < -0.3 is 5.73 Å². The Kier molecular flexibility index (Phi) is 6.89. The standard InChI is InChI=1S/C22H16ClF2N3O3S/c23-16-5-7-19(8-6-16)32(30,31)22(14-3-1-13(12-26)2-4-14)28-20(21(27)29)15-9-17(24)11-18(25)10-15/h1-11,20,22,28H,(H2,27,29). The van der Waals surface area contributed by atoms with Crippen molar-refractivity contribution in [1.29, 1.82) is 5.26 Å². The maximum Gasteiger partial charge on any atom is 0.239 e. The van der Waals surface area contributed by atoms with E-state index < -0.39 is 38.8 Å². The summed E-state index contributed by atoms with van der Waals surface area (Å²) in [7, 11) is -4.20. The second-order valence-corrected chi connectivity index (χ2v) is 9.29. The molecule has 0 bridgehead atoms. The van der Waals surface area contributed by atoms with Crippen LogP contribution in [0.25, 0.3) is 0 Å². The summed E-state index contributed by atoms with van der Waals surface area (Å²) in [5.74, 6) is -2.95. The molecule has 0 aromatic heterocycles. The van der Waals surface area contributed by atoms with E-state index in [0.29, 0.717) is 11.1 Å². The highest BCUT2D eigenvalue weighted by molar-refractivity contribution is 7.91. The molecule has 0 spiro atoms. The number of sulfone groups is 1. The van der Waals surface area contributed by atoms with Crippen LogP contribution in [0, 0.1) is 23.0 Å². The lowest BCUT2D eigenvalue weighted by Gasteiger charge is -2.25. The average Bonchev–Trinajstić information content (AvgIpc) is 2.73. The lowest BCUT2D eigenvalue weighted by Crippen LogP contribution is -2.39. The van der Waals surface area contributed by atoms with E-state index in [-0.39, 0.29) is 21.6 Å². The highest BCUT2D eigenvalue weighted by Gasteiger charge is 2.33. The van der Waals surface area contributed by atoms with E-state index in [2.05, 4.69) is 5.32 Å². The zero-order valence-corrected chi connectivity index (χ0v) is 17.9. The van der Waals surface area contributed by atoms with Crippen LogP contribution in [0.15, 0.2) is 71.6 Å². The molecule has 0 aliphatic heterocycles. The number of rotatable bonds is 7. The van der Waals surface area contributed by atoms with E-state index in [1.54, 1.807) is 0 Å². The van der Waals surface area contributed by atoms with E-state index in [1.807, 2.05) is 6.07 Å². The molecule has 0 heterocycles. The summed E-state index contributed by atoms with van der Waals surface area (Å²) in [4.78, 5) is 12.0. The topological polar surface area (TPSA) is 113 Å². The minimum Gasteiger partial charge on any atom is -0.368 e. The largest absolute Gasteiger partial charge is 0.368 e. The Morgan fingerprint density at radius 2 is 1.53 bits per heavy atom. The fourth-order valence-corrected chi connectivity index (χ4v) is 4.84. The molecule has 1 amide bonds. The quantitative estimate of drug-likeness (QED) is 0.540. The molecule has 0 fully saturated rings. The highest BCUT2D eigenvalue weighted by Crippen LogP contribution is 2.31. The summed E-state index contributed by atoms with van der Waals surface area (Å²) in [6, 6.07) is 13.7. The SMILES string of the molecule is N#Cc1ccc(C(NC(C(N)=O)c2cc(F)cc(F)c2)S(=O)(=O)c2ccc(Cl)cc2)cc1. The highest BCUT2D eigenvalue weighted by atomic mass is 35.5. The molecule has 3 N–H and O–H groups in total. The Hall–Kier alpha value is -3.32. The number of primary amides is 1. The van der Waals surface area contributed by atoms with Crippen molar-refractivity contribution in [3.63, 3.8) is 0 Å². The molecule has 3 aromatic rings. The van der Waals surface area contributed by atoms with Gasteiger partial charge in [-0.15, -0.1) is 0 Å². The predicted molar refractivity (Wildman–Crippen MR) is 114 cm³/mol. The van der Waals surface area contributed by atoms with Gasteiger partial charge in [-0.25, -0.2) is 17.2 Å². The summed E-state index contributed by atoms with van der Waals surface area (Å²) in [5.41, 5.74) is 5.73. The van der Waals surface area contributed by atoms with Crippen molar-refractivity contribution >= 4 is 27.3 Å². The van der Waals surface area contributed by atoms with Gasteiger partial charge in [0.25, 0.3) is 0 Å². The van der Waals surface area contributed by atoms with Gasteiger partial charge in [0.05, 0.1) is 16.5 Å². The number of benzene rings is 3. The van der Waals surface area contributed by atoms with Gasteiger partial charge in [0, 0.05) is 11.1 Å². The van der Waals surface area contributed by atoms with E-state index >= 15 is 0 Å². The third-order valence-corrected chi connectivity index (χ3v) is 6.83. The molecule has 6 nitrogen and oxygen atoms in total. The van der Waals surface area contributed by atoms with Crippen LogP contribution < -0.4 is 11.1 Å². The molecule has 32 heavy (non-hydrogen) atoms. The van der Waals surface area contributed by atoms with Gasteiger partial charge in [-0.3, -0.25) is 10.1 Å². The first-order valence-corrected chi connectivity index (χ1v) is 11.0. The Bertz CT molecular complexity index is 1270. The Balaban J connectivity index is 2.13. The lowest BCUT2D eigenvalue weighted by molar-refractivity contribution is -0.120. The number of halogens is 3. The molecule has 0 saturated carbocycles. The molecule has 10 heteroatoms. The fourth-order valence-electron chi connectivity index (χ4n) is 3.09. The van der Waals surface area contributed by atoms with Crippen molar-refractivity contribution in [2.24, 2.45) is 5.73 Å². The molecule has 2 unspecified atom stereocenters. The van der Waals surface area contributed by atoms with Crippen LogP contribution in [-0.4, -0.2) is 14.3 Å². The monoisotopic (exact) mass is 475 g/mol. The number of hydrogen-bond donors (Lipinski definition) is 2. The zero-order chi connectivity index (χ0) is 23.5. The van der Waals surface area contributed by atoms with E-state index in [9.17, 15) is 22.0 Å². The number of nitrogens with one attached hydrogen (secondary N) is 1. The first-order valence-electron chi connectivity index (χ1n) is 9.12. The molecule has 3 rings (SSSR count). The number of nitrogens with two attached hydrogens (primary N) is 1. The first kappa shape index (κ1) is 23.3. The van der Waals surface area contributed by atoms with Crippen molar-refractivity contribution in [2.45, 2.75) is 16.3 Å². The minimum absolute atomic E-state index is 0.114. The molecule has 3 aromatic carbocycles. The predicted octanol–water partition coefficient (Wildman–Crippen LogP) is 3.78. The van der Waals surface area contributed by atoms with Crippen molar-refractivity contribution < 1.29 is 22.0 Å². The van der Waals surface area contributed by atoms with Gasteiger partial charge in [0.1, 0.15) is 23.1 Å². The molecular formula is C22H16ClF2N3O3S. The third-order valence-electron chi connectivity index (χ3n) is 4.62. The molecule has 0 aliphatic carbocycles. The zero-order valence-electron chi connectivity index (χ0n) is 16.3. The number of hydrogen-bond acceptors (Lipinski definition) is 5. The molecule has 0 radical (unpaired) electrons. The second kappa shape index (κ2) is 9.44. The summed E-state index contributed by atoms with van der Waals surface area (Å²) < 4.78 is 54.4. The molecule has 0 saturated heterocycles. The van der Waals surface area contributed by atoms with Crippen LogP contribution >= 0.6 is 11.6 Å². The van der Waals surface area contributed by atoms with Gasteiger partial charge >= 0.3 is 0 Å². The van der Waals surface area contributed by atoms with E-state index in [0.717, 1.165) is 12.1 Å². The van der Waals surface area contributed by atoms with E-state index in [4.69, 9.17) is 22.6 Å². The molecular weight excluding hydrogens is 460 g/mol. The second-order valence-electron chi connectivity index (χ2n) is 6.82. The molecule has 164 valence electrons. The van der Waals surface area contributed by atoms with Crippen LogP contribution in [0.2, 0.25) is 5.02 Å². The van der Waals surface area contributed by atoms with E-state index in [1.165, 1.54) is 48.5 Å². The molecule has 2 atom stereocenters. The number of nitrogens with zero attached hydrogens (tertiary/aromatic N) is 1. The third kappa shape index (κ3) is 5.11. The van der Waals surface area contributed by atoms with Gasteiger partial charge in [-0.1, -0.05) is 23.7 Å². The van der Waals surface area contributed by atoms with Crippen molar-refractivity contribution in [2.75, 3.05) is 0 Å². The van der Waals surface area contributed by atoms with Crippen molar-refractivity contribution in [1.82, 2.24) is 5.32 Å². The number of amides is 1. The first-order chi connectivity index (χ1) is 15.1. The van der Waals surface area contributed by atoms with Gasteiger partial charge in [0.15, 0.2) is 9.84 Å². The fraction of sp³-hybridized carbons (Fsp3) is 0.0909. The average molecular weight is 476 g/mol. The maximum absolute atomic E-state index is 13.8. The Labute approximate surface area is 188 Å². The van der Waals surface area contributed by atoms with Crippen molar-refractivity contribution in [3.05, 3.63) is 100 Å². The van der Waals surface area contributed by atoms with Crippen molar-refractivity contribution in [3.8, 4) is 6.07 Å². The lowest BCUT2D eigenvalue weighted by atomic mass is 10.0. The van der Waals surface area contributed by atoms with Crippen LogP contribution in [0.5, 0.6) is 0 Å². The number of nitriles is 1. The van der Waals surface area contributed by atoms with Gasteiger partial charge in [-0.05, 0) is 59.7 Å². The van der Waals surface area contributed by atoms with Crippen LogP contribution in [0.4, 0.5) is 8.78 Å². The van der Waals surface area contributed by atoms with Crippen LogP contribution in [0.3, 0.4) is 0 Å². The summed E-state index contributed by atoms with van der Waals surface area (Å²) >= 11 is 5.85. The normalized spacial score (nSPS) is 13.2. The summed E-state index contributed by atoms with van der Waals surface area (Å²) in [6.45, 7) is 0. The van der Waals surface area contributed by atoms with Crippen LogP contribution in [0.1, 0.15) is 28.1 Å². The molecule has 0 aliphatic rings. The summed E-state index contributed by atoms with van der Waals surface area (Å²) in [5, 5.41) is 10.4. The van der Waals surface area contributed by atoms with Gasteiger partial charge in [-0.2, -0.15) is 5.26 Å². The van der Waals surface area contributed by atoms with Gasteiger partial charge in [0.2, 0.25) is 5.91 Å². The maximum atomic E-state index is 13.8. The number of carbonyl (C=O) groups excluding carboxylic acids is 1. The minimum atomic E-state index is -4.20. The number of carbonyl (C=O) groups is 1.